The van der Waals surface area contributed by atoms with Crippen LogP contribution >= 0.6 is 0 Å². The Morgan fingerprint density at radius 1 is 0.750 bits per heavy atom. The minimum Gasteiger partial charge on any atom is -0.480 e. The van der Waals surface area contributed by atoms with Crippen molar-refractivity contribution in [2.45, 2.75) is 103 Å². The molecule has 0 saturated heterocycles. The Labute approximate surface area is 169 Å². The third kappa shape index (κ3) is 16.5. The molecule has 0 heterocycles. The zero-order chi connectivity index (χ0) is 21.0. The highest BCUT2D eigenvalue weighted by Gasteiger charge is 2.18. The van der Waals surface area contributed by atoms with Crippen LogP contribution in [0.1, 0.15) is 96.8 Å². The van der Waals surface area contributed by atoms with Crippen molar-refractivity contribution in [1.29, 1.82) is 0 Å². The normalized spacial score (nSPS) is 11.8. The summed E-state index contributed by atoms with van der Waals surface area (Å²) in [5.41, 5.74) is 0. The van der Waals surface area contributed by atoms with Crippen LogP contribution in [-0.2, 0) is 14.4 Å². The van der Waals surface area contributed by atoms with Crippen LogP contribution in [-0.4, -0.2) is 47.2 Å². The van der Waals surface area contributed by atoms with Crippen LogP contribution in [0.5, 0.6) is 0 Å². The zero-order valence-electron chi connectivity index (χ0n) is 17.5. The Balaban J connectivity index is 3.43. The summed E-state index contributed by atoms with van der Waals surface area (Å²) < 4.78 is 0. The number of aliphatic carboxylic acids is 1. The van der Waals surface area contributed by atoms with Crippen molar-refractivity contribution in [1.82, 2.24) is 10.6 Å². The number of rotatable bonds is 19. The van der Waals surface area contributed by atoms with Crippen LogP contribution in [0.4, 0.5) is 0 Å². The van der Waals surface area contributed by atoms with Crippen molar-refractivity contribution in [2.75, 3.05) is 13.2 Å². The van der Waals surface area contributed by atoms with E-state index in [-0.39, 0.29) is 12.5 Å². The Hall–Kier alpha value is -1.63. The largest absolute Gasteiger partial charge is 0.480 e. The summed E-state index contributed by atoms with van der Waals surface area (Å²) in [7, 11) is 0. The van der Waals surface area contributed by atoms with Crippen molar-refractivity contribution >= 4 is 17.8 Å². The van der Waals surface area contributed by atoms with Crippen molar-refractivity contribution in [3.63, 3.8) is 0 Å². The third-order valence-corrected chi connectivity index (χ3v) is 4.77. The van der Waals surface area contributed by atoms with Gasteiger partial charge in [-0.15, -0.1) is 0 Å². The molecule has 164 valence electrons. The summed E-state index contributed by atoms with van der Waals surface area (Å²) in [6, 6.07) is -1.34. The van der Waals surface area contributed by atoms with E-state index in [1.165, 1.54) is 64.2 Å². The molecule has 2 amide bonds. The second-order valence-electron chi connectivity index (χ2n) is 7.41. The average Bonchev–Trinajstić information content (AvgIpc) is 2.67. The first kappa shape index (κ1) is 26.4. The fourth-order valence-corrected chi connectivity index (χ4v) is 3.00. The van der Waals surface area contributed by atoms with E-state index in [9.17, 15) is 14.4 Å². The summed E-state index contributed by atoms with van der Waals surface area (Å²) in [6.45, 7) is 1.28. The van der Waals surface area contributed by atoms with E-state index >= 15 is 0 Å². The number of carbonyl (C=O) groups excluding carboxylic acids is 2. The highest BCUT2D eigenvalue weighted by molar-refractivity contribution is 5.87. The van der Waals surface area contributed by atoms with Gasteiger partial charge in [-0.1, -0.05) is 84.0 Å². The molecular formula is C21H40N2O5. The molecule has 0 aliphatic carbocycles. The van der Waals surface area contributed by atoms with Crippen molar-refractivity contribution in [3.8, 4) is 0 Å². The van der Waals surface area contributed by atoms with Gasteiger partial charge in [0.1, 0.15) is 6.04 Å². The van der Waals surface area contributed by atoms with Gasteiger partial charge in [0.25, 0.3) is 0 Å². The van der Waals surface area contributed by atoms with Gasteiger partial charge in [0, 0.05) is 6.42 Å². The molecule has 0 fully saturated rings. The van der Waals surface area contributed by atoms with E-state index in [1.54, 1.807) is 0 Å². The number of unbranched alkanes of at least 4 members (excludes halogenated alkanes) is 12. The second kappa shape index (κ2) is 18.7. The summed E-state index contributed by atoms with van der Waals surface area (Å²) in [6.07, 6.45) is 16.5. The zero-order valence-corrected chi connectivity index (χ0v) is 17.5. The predicted octanol–water partition coefficient (Wildman–Crippen LogP) is 3.15. The van der Waals surface area contributed by atoms with E-state index in [0.29, 0.717) is 6.42 Å². The molecule has 0 aromatic rings. The Bertz CT molecular complexity index is 429. The van der Waals surface area contributed by atoms with Crippen molar-refractivity contribution in [2.24, 2.45) is 0 Å². The molecule has 1 atom stereocenters. The van der Waals surface area contributed by atoms with Gasteiger partial charge in [0.15, 0.2) is 0 Å². The van der Waals surface area contributed by atoms with Gasteiger partial charge in [-0.25, -0.2) is 4.79 Å². The lowest BCUT2D eigenvalue weighted by molar-refractivity contribution is -0.142. The number of hydrogen-bond acceptors (Lipinski definition) is 4. The maximum absolute atomic E-state index is 11.7. The fourth-order valence-electron chi connectivity index (χ4n) is 3.00. The predicted molar refractivity (Wildman–Crippen MR) is 110 cm³/mol. The molecule has 7 nitrogen and oxygen atoms in total. The monoisotopic (exact) mass is 400 g/mol. The maximum atomic E-state index is 11.7. The van der Waals surface area contributed by atoms with Gasteiger partial charge in [0.05, 0.1) is 13.2 Å². The smallest absolute Gasteiger partial charge is 0.328 e. The quantitative estimate of drug-likeness (QED) is 0.249. The average molecular weight is 401 g/mol. The van der Waals surface area contributed by atoms with E-state index < -0.39 is 24.5 Å². The standard InChI is InChI=1S/C21H40N2O5/c1-2-3-4-5-6-7-8-9-10-11-12-13-14-15-19(25)22-16-20(26)23-18(17-24)21(27)28/h18,24H,2-17H2,1H3,(H,22,25)(H,23,26)(H,27,28)/t18-/m0/s1. The van der Waals surface area contributed by atoms with Crippen LogP contribution < -0.4 is 10.6 Å². The van der Waals surface area contributed by atoms with Crippen molar-refractivity contribution < 1.29 is 24.6 Å². The molecule has 0 aliphatic heterocycles. The maximum Gasteiger partial charge on any atom is 0.328 e. The first-order valence-corrected chi connectivity index (χ1v) is 10.9. The lowest BCUT2D eigenvalue weighted by Crippen LogP contribution is -2.47. The van der Waals surface area contributed by atoms with Gasteiger partial charge in [-0.05, 0) is 6.42 Å². The number of carboxylic acid groups (broad SMARTS) is 1. The van der Waals surface area contributed by atoms with Crippen LogP contribution in [0.2, 0.25) is 0 Å². The number of carbonyl (C=O) groups is 3. The van der Waals surface area contributed by atoms with Gasteiger partial charge in [0.2, 0.25) is 11.8 Å². The molecule has 0 radical (unpaired) electrons. The first-order chi connectivity index (χ1) is 13.5. The summed E-state index contributed by atoms with van der Waals surface area (Å²) in [5.74, 6) is -2.15. The number of amides is 2. The van der Waals surface area contributed by atoms with Gasteiger partial charge in [-0.2, -0.15) is 0 Å². The molecule has 4 N–H and O–H groups in total. The molecule has 0 aromatic heterocycles. The number of aliphatic hydroxyl groups excluding tert-OH is 1. The highest BCUT2D eigenvalue weighted by Crippen LogP contribution is 2.12. The van der Waals surface area contributed by atoms with E-state index in [0.717, 1.165) is 19.3 Å². The Kier molecular flexibility index (Phi) is 17.6. The number of carboxylic acids is 1. The Morgan fingerprint density at radius 3 is 1.64 bits per heavy atom. The third-order valence-electron chi connectivity index (χ3n) is 4.77. The molecule has 0 spiro atoms. The minimum absolute atomic E-state index is 0.214. The van der Waals surface area contributed by atoms with Gasteiger partial charge >= 0.3 is 5.97 Å². The van der Waals surface area contributed by atoms with Crippen LogP contribution in [0.15, 0.2) is 0 Å². The molecule has 0 rings (SSSR count). The second-order valence-corrected chi connectivity index (χ2v) is 7.41. The van der Waals surface area contributed by atoms with Crippen molar-refractivity contribution in [3.05, 3.63) is 0 Å². The van der Waals surface area contributed by atoms with E-state index in [1.807, 2.05) is 0 Å². The molecular weight excluding hydrogens is 360 g/mol. The van der Waals surface area contributed by atoms with Crippen LogP contribution in [0.25, 0.3) is 0 Å². The van der Waals surface area contributed by atoms with Gasteiger partial charge in [-0.3, -0.25) is 9.59 Å². The molecule has 7 heteroatoms. The fraction of sp³-hybridized carbons (Fsp3) is 0.857. The Morgan fingerprint density at radius 2 is 1.21 bits per heavy atom. The summed E-state index contributed by atoms with van der Waals surface area (Å²) in [5, 5.41) is 22.2. The summed E-state index contributed by atoms with van der Waals surface area (Å²) >= 11 is 0. The molecule has 0 saturated carbocycles. The lowest BCUT2D eigenvalue weighted by atomic mass is 10.0. The SMILES string of the molecule is CCCCCCCCCCCCCCCC(=O)NCC(=O)N[C@@H](CO)C(=O)O. The minimum atomic E-state index is -1.34. The molecule has 0 unspecified atom stereocenters. The number of aliphatic hydroxyl groups is 1. The van der Waals surface area contributed by atoms with Gasteiger partial charge < -0.3 is 20.8 Å². The molecule has 0 aromatic carbocycles. The summed E-state index contributed by atoms with van der Waals surface area (Å²) in [4.78, 5) is 33.9. The van der Waals surface area contributed by atoms with Crippen LogP contribution in [0, 0.1) is 0 Å². The first-order valence-electron chi connectivity index (χ1n) is 10.9. The molecule has 0 bridgehead atoms. The van der Waals surface area contributed by atoms with E-state index in [2.05, 4.69) is 17.6 Å². The topological polar surface area (TPSA) is 116 Å². The molecule has 0 aliphatic rings. The van der Waals surface area contributed by atoms with Crippen LogP contribution in [0.3, 0.4) is 0 Å². The lowest BCUT2D eigenvalue weighted by Gasteiger charge is -2.12. The van der Waals surface area contributed by atoms with E-state index in [4.69, 9.17) is 10.2 Å². The molecule has 28 heavy (non-hydrogen) atoms. The number of hydrogen-bond donors (Lipinski definition) is 4. The number of nitrogens with one attached hydrogen (secondary N) is 2. The highest BCUT2D eigenvalue weighted by atomic mass is 16.4.